The normalized spacial score (nSPS) is 10.7. The van der Waals surface area contributed by atoms with Gasteiger partial charge in [0.25, 0.3) is 5.56 Å². The first kappa shape index (κ1) is 20.1. The van der Waals surface area contributed by atoms with Crippen molar-refractivity contribution in [2.45, 2.75) is 40.8 Å². The minimum atomic E-state index is -0.747. The Kier molecular flexibility index (Phi) is 5.37. The first-order chi connectivity index (χ1) is 13.8. The van der Waals surface area contributed by atoms with Gasteiger partial charge in [-0.05, 0) is 51.5 Å². The van der Waals surface area contributed by atoms with Crippen LogP contribution in [0.3, 0.4) is 0 Å². The number of aryl methyl sites for hydroxylation is 3. The summed E-state index contributed by atoms with van der Waals surface area (Å²) in [6, 6.07) is 11.5. The standard InChI is InChI=1S/C22H22N4O3/c1-5-24-12-17(11-23)21(28)25(22(24)29)13-20(27)19-10-15(3)26(16(19)4)18-8-6-7-14(2)9-18/h6-10,12H,5,13H2,1-4H3. The van der Waals surface area contributed by atoms with Crippen LogP contribution in [0.1, 0.15) is 39.8 Å². The van der Waals surface area contributed by atoms with E-state index in [4.69, 9.17) is 0 Å². The molecule has 0 fully saturated rings. The first-order valence-electron chi connectivity index (χ1n) is 9.32. The Morgan fingerprint density at radius 3 is 2.48 bits per heavy atom. The van der Waals surface area contributed by atoms with E-state index >= 15 is 0 Å². The zero-order chi connectivity index (χ0) is 21.3. The van der Waals surface area contributed by atoms with Gasteiger partial charge in [0.15, 0.2) is 5.78 Å². The average molecular weight is 390 g/mol. The molecule has 0 aliphatic carbocycles. The highest BCUT2D eigenvalue weighted by atomic mass is 16.2. The molecule has 2 aromatic heterocycles. The van der Waals surface area contributed by atoms with Crippen LogP contribution in [-0.4, -0.2) is 19.5 Å². The lowest BCUT2D eigenvalue weighted by Crippen LogP contribution is -2.42. The lowest BCUT2D eigenvalue weighted by atomic mass is 10.1. The molecule has 7 nitrogen and oxygen atoms in total. The Labute approximate surface area is 168 Å². The molecule has 7 heteroatoms. The lowest BCUT2D eigenvalue weighted by molar-refractivity contribution is 0.0968. The highest BCUT2D eigenvalue weighted by molar-refractivity contribution is 5.97. The molecule has 3 rings (SSSR count). The van der Waals surface area contributed by atoms with Crippen LogP contribution in [0.2, 0.25) is 0 Å². The van der Waals surface area contributed by atoms with E-state index in [0.29, 0.717) is 12.1 Å². The average Bonchev–Trinajstić information content (AvgIpc) is 2.99. The molecule has 0 radical (unpaired) electrons. The van der Waals surface area contributed by atoms with E-state index in [1.807, 2.05) is 49.6 Å². The van der Waals surface area contributed by atoms with Crippen LogP contribution in [0.25, 0.3) is 5.69 Å². The third-order valence-corrected chi connectivity index (χ3v) is 4.99. The summed E-state index contributed by atoms with van der Waals surface area (Å²) < 4.78 is 4.06. The molecule has 2 heterocycles. The van der Waals surface area contributed by atoms with Gasteiger partial charge in [0.2, 0.25) is 0 Å². The van der Waals surface area contributed by atoms with Crippen LogP contribution in [0.5, 0.6) is 0 Å². The Bertz CT molecular complexity index is 1270. The second-order valence-corrected chi connectivity index (χ2v) is 7.00. The molecular weight excluding hydrogens is 368 g/mol. The monoisotopic (exact) mass is 390 g/mol. The minimum absolute atomic E-state index is 0.163. The van der Waals surface area contributed by atoms with Gasteiger partial charge < -0.3 is 4.57 Å². The number of Topliss-reactive ketones (excluding diaryl/α,β-unsaturated/α-hetero) is 1. The number of rotatable bonds is 5. The quantitative estimate of drug-likeness (QED) is 0.626. The van der Waals surface area contributed by atoms with Crippen molar-refractivity contribution >= 4 is 5.78 Å². The number of aromatic nitrogens is 3. The summed E-state index contributed by atoms with van der Waals surface area (Å²) >= 11 is 0. The van der Waals surface area contributed by atoms with Gasteiger partial charge in [-0.2, -0.15) is 5.26 Å². The Balaban J connectivity index is 2.06. The van der Waals surface area contributed by atoms with E-state index in [1.165, 1.54) is 10.8 Å². The predicted octanol–water partition coefficient (Wildman–Crippen LogP) is 2.50. The van der Waals surface area contributed by atoms with Crippen LogP contribution < -0.4 is 11.2 Å². The Hall–Kier alpha value is -3.66. The molecule has 0 spiro atoms. The molecule has 0 aliphatic heterocycles. The molecule has 29 heavy (non-hydrogen) atoms. The summed E-state index contributed by atoms with van der Waals surface area (Å²) in [5, 5.41) is 9.17. The molecule has 0 unspecified atom stereocenters. The van der Waals surface area contributed by atoms with Crippen LogP contribution in [-0.2, 0) is 13.1 Å². The van der Waals surface area contributed by atoms with Crippen LogP contribution in [0, 0.1) is 32.1 Å². The maximum Gasteiger partial charge on any atom is 0.331 e. The number of nitrogens with zero attached hydrogens (tertiary/aromatic N) is 4. The van der Waals surface area contributed by atoms with Crippen molar-refractivity contribution < 1.29 is 4.79 Å². The van der Waals surface area contributed by atoms with Crippen molar-refractivity contribution in [2.24, 2.45) is 0 Å². The number of carbonyl (C=O) groups excluding carboxylic acids is 1. The van der Waals surface area contributed by atoms with Gasteiger partial charge in [0, 0.05) is 35.4 Å². The van der Waals surface area contributed by atoms with Gasteiger partial charge in [0.05, 0.1) is 6.54 Å². The highest BCUT2D eigenvalue weighted by Crippen LogP contribution is 2.22. The zero-order valence-corrected chi connectivity index (χ0v) is 16.9. The van der Waals surface area contributed by atoms with Gasteiger partial charge in [0.1, 0.15) is 11.6 Å². The molecule has 0 aliphatic rings. The predicted molar refractivity (Wildman–Crippen MR) is 110 cm³/mol. The van der Waals surface area contributed by atoms with Gasteiger partial charge in [-0.15, -0.1) is 0 Å². The summed E-state index contributed by atoms with van der Waals surface area (Å²) in [6.45, 7) is 7.35. The number of ketones is 1. The van der Waals surface area contributed by atoms with Gasteiger partial charge in [-0.3, -0.25) is 18.7 Å². The summed E-state index contributed by atoms with van der Waals surface area (Å²) in [5.41, 5.74) is 2.59. The Morgan fingerprint density at radius 1 is 1.14 bits per heavy atom. The second kappa shape index (κ2) is 7.76. The van der Waals surface area contributed by atoms with Crippen LogP contribution in [0.15, 0.2) is 46.1 Å². The summed E-state index contributed by atoms with van der Waals surface area (Å²) in [4.78, 5) is 38.0. The minimum Gasteiger partial charge on any atom is -0.318 e. The molecule has 0 atom stereocenters. The van der Waals surface area contributed by atoms with Gasteiger partial charge >= 0.3 is 5.69 Å². The molecule has 1 aromatic carbocycles. The van der Waals surface area contributed by atoms with Gasteiger partial charge in [-0.1, -0.05) is 12.1 Å². The van der Waals surface area contributed by atoms with E-state index in [0.717, 1.165) is 27.2 Å². The second-order valence-electron chi connectivity index (χ2n) is 7.00. The summed E-state index contributed by atoms with van der Waals surface area (Å²) in [5.74, 6) is -0.353. The molecule has 0 N–H and O–H groups in total. The summed E-state index contributed by atoms with van der Waals surface area (Å²) in [7, 11) is 0. The van der Waals surface area contributed by atoms with E-state index in [2.05, 4.69) is 0 Å². The highest BCUT2D eigenvalue weighted by Gasteiger charge is 2.20. The number of carbonyl (C=O) groups is 1. The van der Waals surface area contributed by atoms with E-state index in [9.17, 15) is 19.6 Å². The molecule has 148 valence electrons. The fourth-order valence-corrected chi connectivity index (χ4v) is 3.53. The molecule has 0 saturated carbocycles. The molecule has 0 saturated heterocycles. The summed E-state index contributed by atoms with van der Waals surface area (Å²) in [6.07, 6.45) is 1.23. The van der Waals surface area contributed by atoms with Crippen molar-refractivity contribution in [1.29, 1.82) is 5.26 Å². The molecule has 0 bridgehead atoms. The van der Waals surface area contributed by atoms with Crippen LogP contribution >= 0.6 is 0 Å². The number of benzene rings is 1. The Morgan fingerprint density at radius 2 is 1.86 bits per heavy atom. The third kappa shape index (κ3) is 3.57. The topological polar surface area (TPSA) is 89.8 Å². The lowest BCUT2D eigenvalue weighted by Gasteiger charge is -2.11. The van der Waals surface area contributed by atoms with Crippen LogP contribution in [0.4, 0.5) is 0 Å². The van der Waals surface area contributed by atoms with E-state index in [-0.39, 0.29) is 11.3 Å². The van der Waals surface area contributed by atoms with Crippen molar-refractivity contribution in [3.05, 3.63) is 85.4 Å². The largest absolute Gasteiger partial charge is 0.331 e. The van der Waals surface area contributed by atoms with Crippen molar-refractivity contribution in [2.75, 3.05) is 0 Å². The maximum atomic E-state index is 13.0. The number of hydrogen-bond donors (Lipinski definition) is 0. The van der Waals surface area contributed by atoms with Crippen molar-refractivity contribution in [3.8, 4) is 11.8 Å². The molecule has 0 amide bonds. The fraction of sp³-hybridized carbons (Fsp3) is 0.273. The fourth-order valence-electron chi connectivity index (χ4n) is 3.53. The first-order valence-corrected chi connectivity index (χ1v) is 9.32. The molecular formula is C22H22N4O3. The van der Waals surface area contributed by atoms with Crippen molar-refractivity contribution in [3.63, 3.8) is 0 Å². The zero-order valence-electron chi connectivity index (χ0n) is 16.9. The van der Waals surface area contributed by atoms with E-state index in [1.54, 1.807) is 19.1 Å². The van der Waals surface area contributed by atoms with Crippen molar-refractivity contribution in [1.82, 2.24) is 13.7 Å². The SMILES string of the molecule is CCn1cc(C#N)c(=O)n(CC(=O)c2cc(C)n(-c3cccc(C)c3)c2C)c1=O. The maximum absolute atomic E-state index is 13.0. The molecule has 3 aromatic rings. The van der Waals surface area contributed by atoms with E-state index < -0.39 is 17.8 Å². The number of hydrogen-bond acceptors (Lipinski definition) is 4. The number of nitriles is 1. The van der Waals surface area contributed by atoms with Gasteiger partial charge in [-0.25, -0.2) is 4.79 Å². The smallest absolute Gasteiger partial charge is 0.318 e. The third-order valence-electron chi connectivity index (χ3n) is 4.99.